The number of fused-ring (bicyclic) bond motifs is 6. The molecule has 3 nitrogen and oxygen atoms in total. The van der Waals surface area contributed by atoms with Crippen LogP contribution < -0.4 is 0 Å². The minimum atomic E-state index is 0.951. The van der Waals surface area contributed by atoms with Crippen molar-refractivity contribution in [3.8, 4) is 0 Å². The van der Waals surface area contributed by atoms with Crippen molar-refractivity contribution >= 4 is 27.3 Å². The highest BCUT2D eigenvalue weighted by Crippen LogP contribution is 2.35. The first-order valence-corrected chi connectivity index (χ1v) is 6.84. The average molecular weight is 264 g/mol. The fourth-order valence-corrected chi connectivity index (χ4v) is 3.23. The van der Waals surface area contributed by atoms with E-state index < -0.39 is 0 Å². The second-order valence-electron chi connectivity index (χ2n) is 5.55. The summed E-state index contributed by atoms with van der Waals surface area (Å²) in [5.74, 6) is 1.93. The summed E-state index contributed by atoms with van der Waals surface area (Å²) < 4.78 is 8.10. The Bertz CT molecular complexity index is 989. The monoisotopic (exact) mass is 264 g/mol. The van der Waals surface area contributed by atoms with Gasteiger partial charge in [0.2, 0.25) is 0 Å². The molecule has 0 radical (unpaired) electrons. The van der Waals surface area contributed by atoms with Crippen LogP contribution >= 0.6 is 0 Å². The Kier molecular flexibility index (Phi) is 2.09. The van der Waals surface area contributed by atoms with Crippen molar-refractivity contribution in [1.29, 1.82) is 0 Å². The third kappa shape index (κ3) is 1.27. The first-order chi connectivity index (χ1) is 9.58. The largest absolute Gasteiger partial charge is 0.464 e. The first kappa shape index (κ1) is 11.5. The van der Waals surface area contributed by atoms with E-state index >= 15 is 0 Å². The number of benzene rings is 1. The smallest absolute Gasteiger partial charge is 0.145 e. The molecule has 0 spiro atoms. The van der Waals surface area contributed by atoms with Crippen LogP contribution in [0.3, 0.4) is 0 Å². The third-order valence-corrected chi connectivity index (χ3v) is 4.08. The van der Waals surface area contributed by atoms with Crippen molar-refractivity contribution in [3.63, 3.8) is 0 Å². The molecule has 0 aliphatic rings. The zero-order chi connectivity index (χ0) is 14.0. The van der Waals surface area contributed by atoms with E-state index in [9.17, 15) is 0 Å². The molecule has 0 fully saturated rings. The molecule has 3 aromatic heterocycles. The lowest BCUT2D eigenvalue weighted by Crippen LogP contribution is -1.93. The van der Waals surface area contributed by atoms with E-state index in [2.05, 4.69) is 41.4 Å². The van der Waals surface area contributed by atoms with Gasteiger partial charge in [0.15, 0.2) is 0 Å². The lowest BCUT2D eigenvalue weighted by atomic mass is 10.0. The molecule has 0 N–H and O–H groups in total. The van der Waals surface area contributed by atoms with Crippen molar-refractivity contribution in [1.82, 2.24) is 9.38 Å². The van der Waals surface area contributed by atoms with Crippen LogP contribution in [0.1, 0.15) is 22.8 Å². The highest BCUT2D eigenvalue weighted by molar-refractivity contribution is 6.13. The Balaban J connectivity index is 2.48. The molecule has 0 aliphatic heterocycles. The van der Waals surface area contributed by atoms with Crippen LogP contribution in [0.5, 0.6) is 0 Å². The minimum absolute atomic E-state index is 0.951. The molecule has 20 heavy (non-hydrogen) atoms. The number of imidazole rings is 1. The van der Waals surface area contributed by atoms with Gasteiger partial charge in [-0.3, -0.25) is 4.40 Å². The molecule has 0 bridgehead atoms. The van der Waals surface area contributed by atoms with Gasteiger partial charge in [-0.1, -0.05) is 23.8 Å². The molecule has 1 aromatic carbocycles. The second kappa shape index (κ2) is 3.63. The highest BCUT2D eigenvalue weighted by atomic mass is 16.3. The number of rotatable bonds is 0. The lowest BCUT2D eigenvalue weighted by Gasteiger charge is -2.07. The maximum atomic E-state index is 5.90. The summed E-state index contributed by atoms with van der Waals surface area (Å²) in [6.45, 7) is 8.26. The minimum Gasteiger partial charge on any atom is -0.464 e. The van der Waals surface area contributed by atoms with Crippen LogP contribution in [0.4, 0.5) is 0 Å². The summed E-state index contributed by atoms with van der Waals surface area (Å²) in [6.07, 6.45) is 1.93. The predicted molar refractivity (Wildman–Crippen MR) is 81.4 cm³/mol. The number of aromatic nitrogens is 2. The van der Waals surface area contributed by atoms with Crippen LogP contribution in [-0.4, -0.2) is 9.38 Å². The Morgan fingerprint density at radius 3 is 2.60 bits per heavy atom. The highest BCUT2D eigenvalue weighted by Gasteiger charge is 2.17. The van der Waals surface area contributed by atoms with Crippen molar-refractivity contribution in [2.75, 3.05) is 0 Å². The Morgan fingerprint density at radius 1 is 1.00 bits per heavy atom. The molecular formula is C17H16N2O. The molecule has 4 aromatic rings. The van der Waals surface area contributed by atoms with Crippen LogP contribution in [0.25, 0.3) is 27.3 Å². The molecule has 0 aliphatic carbocycles. The molecule has 0 unspecified atom stereocenters. The van der Waals surface area contributed by atoms with Gasteiger partial charge in [0.05, 0.1) is 5.52 Å². The maximum Gasteiger partial charge on any atom is 0.145 e. The first-order valence-electron chi connectivity index (χ1n) is 6.84. The molecule has 0 atom stereocenters. The quantitative estimate of drug-likeness (QED) is 0.469. The van der Waals surface area contributed by atoms with E-state index in [4.69, 9.17) is 4.42 Å². The number of pyridine rings is 1. The maximum absolute atomic E-state index is 5.90. The predicted octanol–water partition coefficient (Wildman–Crippen LogP) is 4.47. The van der Waals surface area contributed by atoms with Crippen molar-refractivity contribution in [3.05, 3.63) is 47.2 Å². The molecule has 3 heterocycles. The van der Waals surface area contributed by atoms with Gasteiger partial charge >= 0.3 is 0 Å². The van der Waals surface area contributed by atoms with Crippen molar-refractivity contribution in [2.45, 2.75) is 27.7 Å². The van der Waals surface area contributed by atoms with E-state index in [1.807, 2.05) is 20.0 Å². The second-order valence-corrected chi connectivity index (χ2v) is 5.55. The van der Waals surface area contributed by atoms with Gasteiger partial charge in [-0.25, -0.2) is 4.98 Å². The van der Waals surface area contributed by atoms with E-state index in [0.29, 0.717) is 0 Å². The normalized spacial score (nSPS) is 12.0. The molecule has 0 amide bonds. The van der Waals surface area contributed by atoms with E-state index in [1.54, 1.807) is 0 Å². The summed E-state index contributed by atoms with van der Waals surface area (Å²) >= 11 is 0. The standard InChI is InChI=1S/C17H16N2O/c1-9-5-6-13-14(7-9)15-11(3)20-12(4)16(15)19-10(2)8-18-17(13)19/h5-8H,1-4H3. The van der Waals surface area contributed by atoms with Crippen molar-refractivity contribution < 1.29 is 4.42 Å². The number of hydrogen-bond acceptors (Lipinski definition) is 2. The average Bonchev–Trinajstić information content (AvgIpc) is 2.91. The summed E-state index contributed by atoms with van der Waals surface area (Å²) in [7, 11) is 0. The fraction of sp³-hybridized carbons (Fsp3) is 0.235. The summed E-state index contributed by atoms with van der Waals surface area (Å²) in [5, 5.41) is 3.61. The van der Waals surface area contributed by atoms with Crippen LogP contribution in [0.15, 0.2) is 28.8 Å². The molecule has 4 rings (SSSR count). The van der Waals surface area contributed by atoms with Gasteiger partial charge in [-0.05, 0) is 33.1 Å². The van der Waals surface area contributed by atoms with Crippen LogP contribution in [-0.2, 0) is 0 Å². The van der Waals surface area contributed by atoms with E-state index in [1.165, 1.54) is 21.7 Å². The zero-order valence-electron chi connectivity index (χ0n) is 12.1. The number of hydrogen-bond donors (Lipinski definition) is 0. The van der Waals surface area contributed by atoms with E-state index in [0.717, 1.165) is 28.4 Å². The van der Waals surface area contributed by atoms with Gasteiger partial charge in [0.25, 0.3) is 0 Å². The topological polar surface area (TPSA) is 30.4 Å². The van der Waals surface area contributed by atoms with E-state index in [-0.39, 0.29) is 0 Å². The fourth-order valence-electron chi connectivity index (χ4n) is 3.23. The Labute approximate surface area is 116 Å². The summed E-state index contributed by atoms with van der Waals surface area (Å²) in [6, 6.07) is 6.53. The molecule has 100 valence electrons. The van der Waals surface area contributed by atoms with Crippen LogP contribution in [0.2, 0.25) is 0 Å². The van der Waals surface area contributed by atoms with Gasteiger partial charge < -0.3 is 4.42 Å². The Hall–Kier alpha value is -2.29. The SMILES string of the molecule is Cc1ccc2c(c1)c1c(C)oc(C)c1n1c(C)cnc21. The molecule has 0 saturated carbocycles. The van der Waals surface area contributed by atoms with Gasteiger partial charge in [-0.2, -0.15) is 0 Å². The molecule has 0 saturated heterocycles. The molecular weight excluding hydrogens is 248 g/mol. The summed E-state index contributed by atoms with van der Waals surface area (Å²) in [4.78, 5) is 4.60. The van der Waals surface area contributed by atoms with Crippen molar-refractivity contribution in [2.24, 2.45) is 0 Å². The summed E-state index contributed by atoms with van der Waals surface area (Å²) in [5.41, 5.74) is 4.54. The number of aryl methyl sites for hydroxylation is 4. The molecule has 3 heteroatoms. The van der Waals surface area contributed by atoms with Gasteiger partial charge in [0, 0.05) is 22.7 Å². The lowest BCUT2D eigenvalue weighted by molar-refractivity contribution is 0.509. The van der Waals surface area contributed by atoms with Crippen LogP contribution in [0, 0.1) is 27.7 Å². The third-order valence-electron chi connectivity index (χ3n) is 4.08. The van der Waals surface area contributed by atoms with Gasteiger partial charge in [0.1, 0.15) is 17.2 Å². The van der Waals surface area contributed by atoms with Gasteiger partial charge in [-0.15, -0.1) is 0 Å². The number of nitrogens with zero attached hydrogens (tertiary/aromatic N) is 2. The number of furan rings is 1. The zero-order valence-corrected chi connectivity index (χ0v) is 12.1. The Morgan fingerprint density at radius 2 is 1.80 bits per heavy atom.